The van der Waals surface area contributed by atoms with Gasteiger partial charge in [0.05, 0.1) is 5.69 Å². The summed E-state index contributed by atoms with van der Waals surface area (Å²) in [5.74, 6) is -0.156. The molecular weight excluding hydrogens is 284 g/mol. The molecule has 0 radical (unpaired) electrons. The first kappa shape index (κ1) is 13.4. The molecule has 0 atom stereocenters. The molecule has 6 heteroatoms. The lowest BCUT2D eigenvalue weighted by Crippen LogP contribution is -2.11. The van der Waals surface area contributed by atoms with Gasteiger partial charge in [-0.3, -0.25) is 14.8 Å². The van der Waals surface area contributed by atoms with Crippen molar-refractivity contribution < 1.29 is 4.79 Å². The van der Waals surface area contributed by atoms with Gasteiger partial charge in [0.15, 0.2) is 0 Å². The van der Waals surface area contributed by atoms with Gasteiger partial charge in [-0.25, -0.2) is 4.98 Å². The zero-order chi connectivity index (χ0) is 14.7. The zero-order valence-electron chi connectivity index (χ0n) is 11.3. The van der Waals surface area contributed by atoms with Crippen LogP contribution in [0.2, 0.25) is 0 Å². The van der Waals surface area contributed by atoms with Crippen LogP contribution in [0.3, 0.4) is 0 Å². The highest BCUT2D eigenvalue weighted by atomic mass is 32.1. The topological polar surface area (TPSA) is 67.8 Å². The second-order valence-electron chi connectivity index (χ2n) is 4.36. The van der Waals surface area contributed by atoms with Gasteiger partial charge in [-0.2, -0.15) is 0 Å². The van der Waals surface area contributed by atoms with Gasteiger partial charge in [-0.1, -0.05) is 0 Å². The Morgan fingerprint density at radius 1 is 1.05 bits per heavy atom. The summed E-state index contributed by atoms with van der Waals surface area (Å²) in [5.41, 5.74) is 2.40. The van der Waals surface area contributed by atoms with Gasteiger partial charge in [-0.15, -0.1) is 11.3 Å². The zero-order valence-corrected chi connectivity index (χ0v) is 12.1. The Balaban J connectivity index is 1.86. The summed E-state index contributed by atoms with van der Waals surface area (Å²) in [6, 6.07) is 7.25. The van der Waals surface area contributed by atoms with E-state index < -0.39 is 0 Å². The van der Waals surface area contributed by atoms with Crippen molar-refractivity contribution in [1.29, 1.82) is 0 Å². The predicted octanol–water partition coefficient (Wildman–Crippen LogP) is 3.16. The van der Waals surface area contributed by atoms with Crippen molar-refractivity contribution in [3.05, 3.63) is 59.6 Å². The van der Waals surface area contributed by atoms with Crippen molar-refractivity contribution in [2.45, 2.75) is 6.92 Å². The van der Waals surface area contributed by atoms with E-state index in [4.69, 9.17) is 0 Å². The van der Waals surface area contributed by atoms with Crippen LogP contribution >= 0.6 is 11.3 Å². The maximum absolute atomic E-state index is 12.3. The number of carbonyl (C=O) groups is 1. The molecule has 3 aromatic heterocycles. The molecule has 5 nitrogen and oxygen atoms in total. The maximum atomic E-state index is 12.3. The molecule has 0 aliphatic carbocycles. The summed E-state index contributed by atoms with van der Waals surface area (Å²) in [4.78, 5) is 25.3. The molecule has 3 heterocycles. The quantitative estimate of drug-likeness (QED) is 0.806. The molecule has 0 saturated heterocycles. The molecule has 0 aromatic carbocycles. The second kappa shape index (κ2) is 5.80. The number of anilines is 1. The van der Waals surface area contributed by atoms with Gasteiger partial charge in [0.25, 0.3) is 5.91 Å². The van der Waals surface area contributed by atoms with Crippen molar-refractivity contribution in [3.8, 4) is 10.6 Å². The minimum atomic E-state index is -0.156. The van der Waals surface area contributed by atoms with E-state index in [2.05, 4.69) is 20.3 Å². The average Bonchev–Trinajstić information content (AvgIpc) is 2.91. The molecule has 1 N–H and O–H groups in total. The van der Waals surface area contributed by atoms with Crippen LogP contribution in [0, 0.1) is 6.92 Å². The molecule has 0 aliphatic rings. The third-order valence-corrected chi connectivity index (χ3v) is 4.07. The van der Waals surface area contributed by atoms with E-state index in [0.717, 1.165) is 16.3 Å². The Kier molecular flexibility index (Phi) is 3.70. The first-order valence-corrected chi connectivity index (χ1v) is 7.15. The third kappa shape index (κ3) is 2.95. The van der Waals surface area contributed by atoms with Gasteiger partial charge in [0.2, 0.25) is 0 Å². The average molecular weight is 296 g/mol. The number of aryl methyl sites for hydroxylation is 1. The molecule has 3 rings (SSSR count). The monoisotopic (exact) mass is 296 g/mol. The molecule has 0 fully saturated rings. The van der Waals surface area contributed by atoms with Crippen molar-refractivity contribution in [1.82, 2.24) is 15.0 Å². The summed E-state index contributed by atoms with van der Waals surface area (Å²) in [6.45, 7) is 1.84. The van der Waals surface area contributed by atoms with Crippen LogP contribution in [0.15, 0.2) is 49.1 Å². The lowest BCUT2D eigenvalue weighted by atomic mass is 10.3. The highest BCUT2D eigenvalue weighted by Gasteiger charge is 2.16. The second-order valence-corrected chi connectivity index (χ2v) is 5.36. The Hall–Kier alpha value is -2.60. The number of carbonyl (C=O) groups excluding carboxylic acids is 1. The van der Waals surface area contributed by atoms with Crippen LogP contribution in [-0.2, 0) is 0 Å². The van der Waals surface area contributed by atoms with Crippen molar-refractivity contribution in [2.24, 2.45) is 0 Å². The fourth-order valence-corrected chi connectivity index (χ4v) is 2.82. The van der Waals surface area contributed by atoms with Crippen LogP contribution in [0.25, 0.3) is 10.6 Å². The van der Waals surface area contributed by atoms with E-state index >= 15 is 0 Å². The summed E-state index contributed by atoms with van der Waals surface area (Å²) in [5, 5.41) is 3.66. The number of aromatic nitrogens is 3. The predicted molar refractivity (Wildman–Crippen MR) is 82.3 cm³/mol. The van der Waals surface area contributed by atoms with E-state index in [0.29, 0.717) is 10.6 Å². The van der Waals surface area contributed by atoms with Gasteiger partial charge in [0.1, 0.15) is 9.88 Å². The van der Waals surface area contributed by atoms with Crippen molar-refractivity contribution in [3.63, 3.8) is 0 Å². The number of pyridine rings is 2. The van der Waals surface area contributed by atoms with Crippen LogP contribution in [0.4, 0.5) is 5.69 Å². The fraction of sp³-hybridized carbons (Fsp3) is 0.0667. The van der Waals surface area contributed by atoms with Crippen molar-refractivity contribution >= 4 is 22.9 Å². The van der Waals surface area contributed by atoms with E-state index in [1.165, 1.54) is 11.3 Å². The maximum Gasteiger partial charge on any atom is 0.267 e. The van der Waals surface area contributed by atoms with Crippen LogP contribution in [0.5, 0.6) is 0 Å². The van der Waals surface area contributed by atoms with E-state index in [-0.39, 0.29) is 5.91 Å². The Labute approximate surface area is 125 Å². The fourth-order valence-electron chi connectivity index (χ4n) is 1.85. The smallest absolute Gasteiger partial charge is 0.267 e. The van der Waals surface area contributed by atoms with Gasteiger partial charge < -0.3 is 5.32 Å². The minimum absolute atomic E-state index is 0.156. The number of rotatable bonds is 3. The highest BCUT2D eigenvalue weighted by molar-refractivity contribution is 7.17. The summed E-state index contributed by atoms with van der Waals surface area (Å²) in [7, 11) is 0. The summed E-state index contributed by atoms with van der Waals surface area (Å²) < 4.78 is 0. The number of nitrogens with one attached hydrogen (secondary N) is 1. The molecule has 0 bridgehead atoms. The van der Waals surface area contributed by atoms with Crippen LogP contribution < -0.4 is 5.32 Å². The van der Waals surface area contributed by atoms with Crippen LogP contribution in [-0.4, -0.2) is 20.9 Å². The van der Waals surface area contributed by atoms with Gasteiger partial charge in [-0.05, 0) is 31.2 Å². The van der Waals surface area contributed by atoms with E-state index in [9.17, 15) is 4.79 Å². The molecule has 104 valence electrons. The number of nitrogens with zero attached hydrogens (tertiary/aromatic N) is 3. The number of hydrogen-bond donors (Lipinski definition) is 1. The third-order valence-electron chi connectivity index (χ3n) is 2.87. The number of thiazole rings is 1. The molecule has 3 aromatic rings. The molecule has 0 unspecified atom stereocenters. The molecule has 21 heavy (non-hydrogen) atoms. The first-order chi connectivity index (χ1) is 10.2. The Morgan fingerprint density at radius 2 is 1.67 bits per heavy atom. The standard InChI is InChI=1S/C15H12N4OS/c1-10-13(14(20)19-12-4-8-17-9-5-12)21-15(18-10)11-2-6-16-7-3-11/h2-9H,1H3,(H,17,19,20). The Bertz CT molecular complexity index is 756. The lowest BCUT2D eigenvalue weighted by molar-refractivity contribution is 0.103. The van der Waals surface area contributed by atoms with Gasteiger partial charge in [0, 0.05) is 36.0 Å². The molecule has 0 aliphatic heterocycles. The van der Waals surface area contributed by atoms with Crippen LogP contribution in [0.1, 0.15) is 15.4 Å². The molecule has 0 saturated carbocycles. The summed E-state index contributed by atoms with van der Waals surface area (Å²) >= 11 is 1.37. The largest absolute Gasteiger partial charge is 0.321 e. The minimum Gasteiger partial charge on any atom is -0.321 e. The first-order valence-electron chi connectivity index (χ1n) is 6.33. The summed E-state index contributed by atoms with van der Waals surface area (Å²) in [6.07, 6.45) is 6.70. The molecule has 1 amide bonds. The van der Waals surface area contributed by atoms with Gasteiger partial charge >= 0.3 is 0 Å². The molecular formula is C15H12N4OS. The lowest BCUT2D eigenvalue weighted by Gasteiger charge is -2.02. The Morgan fingerprint density at radius 3 is 2.33 bits per heavy atom. The molecule has 0 spiro atoms. The van der Waals surface area contributed by atoms with E-state index in [1.54, 1.807) is 36.9 Å². The van der Waals surface area contributed by atoms with Crippen molar-refractivity contribution in [2.75, 3.05) is 5.32 Å². The SMILES string of the molecule is Cc1nc(-c2ccncc2)sc1C(=O)Nc1ccncc1. The highest BCUT2D eigenvalue weighted by Crippen LogP contribution is 2.27. The number of amides is 1. The number of hydrogen-bond acceptors (Lipinski definition) is 5. The normalized spacial score (nSPS) is 10.3. The van der Waals surface area contributed by atoms with E-state index in [1.807, 2.05) is 19.1 Å².